The Kier molecular flexibility index (Phi) is 4.65. The van der Waals surface area contributed by atoms with Crippen LogP contribution in [-0.2, 0) is 4.79 Å². The summed E-state index contributed by atoms with van der Waals surface area (Å²) in [7, 11) is 0. The van der Waals surface area contributed by atoms with Crippen LogP contribution >= 0.6 is 0 Å². The van der Waals surface area contributed by atoms with Crippen LogP contribution in [0, 0.1) is 0 Å². The van der Waals surface area contributed by atoms with Gasteiger partial charge in [-0.25, -0.2) is 4.79 Å². The molecular weight excluding hydrogens is 236 g/mol. The minimum Gasteiger partial charge on any atom is -0.478 e. The van der Waals surface area contributed by atoms with Gasteiger partial charge in [-0.05, 0) is 19.4 Å². The average molecular weight is 252 g/mol. The number of aromatic nitrogens is 1. The Balaban J connectivity index is 3.00. The highest BCUT2D eigenvalue weighted by atomic mass is 16.4. The van der Waals surface area contributed by atoms with E-state index >= 15 is 0 Å². The number of carboxylic acid groups (broad SMARTS) is 1. The summed E-state index contributed by atoms with van der Waals surface area (Å²) in [5.74, 6) is -1.44. The van der Waals surface area contributed by atoms with Gasteiger partial charge in [0, 0.05) is 18.8 Å². The fourth-order valence-electron chi connectivity index (χ4n) is 1.46. The number of nitrogens with one attached hydrogen (secondary N) is 1. The zero-order chi connectivity index (χ0) is 13.7. The lowest BCUT2D eigenvalue weighted by Gasteiger charge is -2.15. The number of rotatable bonds is 5. The van der Waals surface area contributed by atoms with Gasteiger partial charge in [0.05, 0.1) is 5.56 Å². The molecule has 1 atom stereocenters. The summed E-state index contributed by atoms with van der Waals surface area (Å²) in [6.07, 6.45) is 1.98. The van der Waals surface area contributed by atoms with Gasteiger partial charge in [0.2, 0.25) is 5.91 Å². The Bertz CT molecular complexity index is 507. The summed E-state index contributed by atoms with van der Waals surface area (Å²) in [5.41, 5.74) is -0.427. The molecule has 0 saturated carbocycles. The molecule has 1 unspecified atom stereocenters. The summed E-state index contributed by atoms with van der Waals surface area (Å²) in [6, 6.07) is 1.63. The van der Waals surface area contributed by atoms with Crippen molar-refractivity contribution >= 4 is 11.9 Å². The van der Waals surface area contributed by atoms with Crippen LogP contribution in [0.3, 0.4) is 0 Å². The molecule has 1 aromatic rings. The molecule has 6 nitrogen and oxygen atoms in total. The Morgan fingerprint density at radius 3 is 2.67 bits per heavy atom. The molecule has 0 radical (unpaired) electrons. The van der Waals surface area contributed by atoms with Gasteiger partial charge in [-0.1, -0.05) is 6.92 Å². The van der Waals surface area contributed by atoms with Crippen molar-refractivity contribution < 1.29 is 14.7 Å². The maximum Gasteiger partial charge on any atom is 0.337 e. The number of amides is 1. The first kappa shape index (κ1) is 14.0. The zero-order valence-electron chi connectivity index (χ0n) is 10.3. The van der Waals surface area contributed by atoms with E-state index in [1.807, 2.05) is 6.92 Å². The van der Waals surface area contributed by atoms with Crippen molar-refractivity contribution in [2.45, 2.75) is 26.3 Å². The molecule has 2 N–H and O–H groups in total. The van der Waals surface area contributed by atoms with E-state index in [9.17, 15) is 14.4 Å². The third-order valence-corrected chi connectivity index (χ3v) is 2.53. The maximum atomic E-state index is 11.7. The number of carbonyl (C=O) groups excluding carboxylic acids is 1. The number of hydrogen-bond acceptors (Lipinski definition) is 3. The predicted molar refractivity (Wildman–Crippen MR) is 65.7 cm³/mol. The van der Waals surface area contributed by atoms with E-state index in [0.29, 0.717) is 6.54 Å². The smallest absolute Gasteiger partial charge is 0.337 e. The Labute approximate surface area is 104 Å². The molecule has 0 spiro atoms. The number of hydrogen-bond donors (Lipinski definition) is 2. The fraction of sp³-hybridized carbons (Fsp3) is 0.417. The second kappa shape index (κ2) is 6.00. The van der Waals surface area contributed by atoms with Gasteiger partial charge in [0.25, 0.3) is 5.56 Å². The number of carboxylic acids is 1. The first-order valence-corrected chi connectivity index (χ1v) is 5.70. The normalized spacial score (nSPS) is 11.9. The topological polar surface area (TPSA) is 88.4 Å². The second-order valence-electron chi connectivity index (χ2n) is 3.94. The molecular formula is C12H16N2O4. The summed E-state index contributed by atoms with van der Waals surface area (Å²) in [5, 5.41) is 11.5. The molecule has 98 valence electrons. The van der Waals surface area contributed by atoms with Crippen LogP contribution in [0.5, 0.6) is 0 Å². The molecule has 1 rings (SSSR count). The van der Waals surface area contributed by atoms with Gasteiger partial charge in [-0.15, -0.1) is 0 Å². The summed E-state index contributed by atoms with van der Waals surface area (Å²) in [4.78, 5) is 34.1. The third-order valence-electron chi connectivity index (χ3n) is 2.53. The van der Waals surface area contributed by atoms with E-state index in [4.69, 9.17) is 5.11 Å². The Morgan fingerprint density at radius 2 is 2.11 bits per heavy atom. The number of nitrogens with zero attached hydrogens (tertiary/aromatic N) is 1. The molecule has 1 amide bonds. The summed E-state index contributed by atoms with van der Waals surface area (Å²) in [6.45, 7) is 4.00. The van der Waals surface area contributed by atoms with Gasteiger partial charge >= 0.3 is 5.97 Å². The van der Waals surface area contributed by atoms with Crippen LogP contribution in [0.1, 0.15) is 36.7 Å². The summed E-state index contributed by atoms with van der Waals surface area (Å²) < 4.78 is 1.12. The van der Waals surface area contributed by atoms with Crippen molar-refractivity contribution in [3.8, 4) is 0 Å². The standard InChI is InChI=1S/C12H16N2O4/c1-3-6-13-11(16)8(2)14-7-9(12(17)18)4-5-10(14)15/h4-5,7-8H,3,6H2,1-2H3,(H,13,16)(H,17,18). The lowest BCUT2D eigenvalue weighted by atomic mass is 10.2. The molecule has 0 aliphatic carbocycles. The minimum absolute atomic E-state index is 0.0234. The van der Waals surface area contributed by atoms with Gasteiger partial charge in [-0.3, -0.25) is 9.59 Å². The molecule has 0 fully saturated rings. The second-order valence-corrected chi connectivity index (χ2v) is 3.94. The predicted octanol–water partition coefficient (Wildman–Crippen LogP) is 0.634. The van der Waals surface area contributed by atoms with E-state index in [1.54, 1.807) is 6.92 Å². The van der Waals surface area contributed by atoms with Gasteiger partial charge in [-0.2, -0.15) is 0 Å². The van der Waals surface area contributed by atoms with Crippen LogP contribution in [0.4, 0.5) is 0 Å². The monoisotopic (exact) mass is 252 g/mol. The van der Waals surface area contributed by atoms with Crippen LogP contribution in [0.25, 0.3) is 0 Å². The molecule has 1 heterocycles. The van der Waals surface area contributed by atoms with Crippen LogP contribution in [-0.4, -0.2) is 28.1 Å². The first-order valence-electron chi connectivity index (χ1n) is 5.70. The van der Waals surface area contributed by atoms with E-state index in [-0.39, 0.29) is 11.5 Å². The van der Waals surface area contributed by atoms with Gasteiger partial charge < -0.3 is 15.0 Å². The molecule has 6 heteroatoms. The fourth-order valence-corrected chi connectivity index (χ4v) is 1.46. The van der Waals surface area contributed by atoms with E-state index in [1.165, 1.54) is 12.3 Å². The van der Waals surface area contributed by atoms with Crippen molar-refractivity contribution in [2.75, 3.05) is 6.54 Å². The maximum absolute atomic E-state index is 11.7. The first-order chi connectivity index (χ1) is 8.47. The highest BCUT2D eigenvalue weighted by molar-refractivity contribution is 5.87. The van der Waals surface area contributed by atoms with Crippen molar-refractivity contribution in [2.24, 2.45) is 0 Å². The van der Waals surface area contributed by atoms with Crippen molar-refractivity contribution in [1.29, 1.82) is 0 Å². The van der Waals surface area contributed by atoms with E-state index in [0.717, 1.165) is 17.1 Å². The van der Waals surface area contributed by atoms with Crippen LogP contribution < -0.4 is 10.9 Å². The lowest BCUT2D eigenvalue weighted by molar-refractivity contribution is -0.123. The van der Waals surface area contributed by atoms with Crippen molar-refractivity contribution in [1.82, 2.24) is 9.88 Å². The van der Waals surface area contributed by atoms with Crippen molar-refractivity contribution in [3.63, 3.8) is 0 Å². The van der Waals surface area contributed by atoms with Crippen molar-refractivity contribution in [3.05, 3.63) is 34.2 Å². The number of aromatic carboxylic acids is 1. The van der Waals surface area contributed by atoms with E-state index < -0.39 is 17.6 Å². The summed E-state index contributed by atoms with van der Waals surface area (Å²) >= 11 is 0. The minimum atomic E-state index is -1.13. The molecule has 1 aromatic heterocycles. The SMILES string of the molecule is CCCNC(=O)C(C)n1cc(C(=O)O)ccc1=O. The molecule has 0 bridgehead atoms. The zero-order valence-corrected chi connectivity index (χ0v) is 10.3. The highest BCUT2D eigenvalue weighted by Crippen LogP contribution is 2.05. The molecule has 0 aliphatic heterocycles. The molecule has 0 aliphatic rings. The number of carbonyl (C=O) groups is 2. The lowest BCUT2D eigenvalue weighted by Crippen LogP contribution is -2.36. The number of pyridine rings is 1. The van der Waals surface area contributed by atoms with Crippen LogP contribution in [0.2, 0.25) is 0 Å². The quantitative estimate of drug-likeness (QED) is 0.804. The van der Waals surface area contributed by atoms with E-state index in [2.05, 4.69) is 5.32 Å². The Morgan fingerprint density at radius 1 is 1.44 bits per heavy atom. The molecule has 0 aromatic carbocycles. The largest absolute Gasteiger partial charge is 0.478 e. The van der Waals surface area contributed by atoms with Gasteiger partial charge in [0.15, 0.2) is 0 Å². The van der Waals surface area contributed by atoms with Crippen LogP contribution in [0.15, 0.2) is 23.1 Å². The third kappa shape index (κ3) is 3.19. The molecule has 18 heavy (non-hydrogen) atoms. The van der Waals surface area contributed by atoms with Gasteiger partial charge in [0.1, 0.15) is 6.04 Å². The Hall–Kier alpha value is -2.11. The molecule has 0 saturated heterocycles. The highest BCUT2D eigenvalue weighted by Gasteiger charge is 2.16. The average Bonchev–Trinajstić information content (AvgIpc) is 2.35.